The van der Waals surface area contributed by atoms with Crippen molar-refractivity contribution in [2.75, 3.05) is 31.1 Å². The number of halogens is 2. The third kappa shape index (κ3) is 4.31. The fourth-order valence-electron chi connectivity index (χ4n) is 4.27. The van der Waals surface area contributed by atoms with Crippen molar-refractivity contribution in [3.8, 4) is 0 Å². The maximum Gasteiger partial charge on any atom is 0.264 e. The van der Waals surface area contributed by atoms with Gasteiger partial charge in [-0.3, -0.25) is 14.2 Å². The van der Waals surface area contributed by atoms with Crippen LogP contribution >= 0.6 is 34.5 Å². The molecule has 0 atom stereocenters. The van der Waals surface area contributed by atoms with E-state index < -0.39 is 0 Å². The summed E-state index contributed by atoms with van der Waals surface area (Å²) < 4.78 is 1.54. The van der Waals surface area contributed by atoms with Crippen molar-refractivity contribution in [1.82, 2.24) is 14.5 Å². The number of thiophene rings is 1. The Kier molecular flexibility index (Phi) is 6.34. The summed E-state index contributed by atoms with van der Waals surface area (Å²) in [5, 5.41) is 1.80. The Labute approximate surface area is 211 Å². The van der Waals surface area contributed by atoms with Crippen LogP contribution in [0.2, 0.25) is 10.0 Å². The molecule has 3 heterocycles. The lowest BCUT2D eigenvalue weighted by molar-refractivity contribution is 0.0751. The molecule has 0 radical (unpaired) electrons. The Balaban J connectivity index is 1.37. The van der Waals surface area contributed by atoms with Gasteiger partial charge in [-0.05, 0) is 42.3 Å². The summed E-state index contributed by atoms with van der Waals surface area (Å²) in [7, 11) is 0. The van der Waals surface area contributed by atoms with Crippen LogP contribution in [-0.2, 0) is 6.54 Å². The Morgan fingerprint density at radius 1 is 1.06 bits per heavy atom. The normalized spacial score (nSPS) is 14.1. The first-order valence-corrected chi connectivity index (χ1v) is 12.5. The number of carbonyl (C=O) groups is 1. The third-order valence-corrected chi connectivity index (χ3v) is 7.94. The number of rotatable bonds is 4. The summed E-state index contributed by atoms with van der Waals surface area (Å²) in [6, 6.07) is 15.2. The van der Waals surface area contributed by atoms with E-state index >= 15 is 0 Å². The first-order chi connectivity index (χ1) is 16.4. The lowest BCUT2D eigenvalue weighted by atomic mass is 10.1. The number of anilines is 1. The average Bonchev–Trinajstić information content (AvgIpc) is 3.19. The molecule has 0 unspecified atom stereocenters. The SMILES string of the molecule is Cc1c(C(=O)N2CCN(c3cccc(Cl)c3)CC2)sc2ncn(Cc3ccccc3Cl)c(=O)c12. The molecule has 1 aliphatic rings. The van der Waals surface area contributed by atoms with Gasteiger partial charge in [-0.1, -0.05) is 47.5 Å². The maximum atomic E-state index is 13.4. The van der Waals surface area contributed by atoms with Crippen LogP contribution in [0.4, 0.5) is 5.69 Å². The number of fused-ring (bicyclic) bond motifs is 1. The average molecular weight is 513 g/mol. The van der Waals surface area contributed by atoms with Gasteiger partial charge in [0.2, 0.25) is 0 Å². The van der Waals surface area contributed by atoms with Crippen molar-refractivity contribution in [3.63, 3.8) is 0 Å². The van der Waals surface area contributed by atoms with Crippen molar-refractivity contribution in [2.24, 2.45) is 0 Å². The van der Waals surface area contributed by atoms with Crippen LogP contribution in [0.15, 0.2) is 59.7 Å². The van der Waals surface area contributed by atoms with E-state index in [0.717, 1.165) is 24.3 Å². The van der Waals surface area contributed by atoms with E-state index in [1.165, 1.54) is 17.7 Å². The Morgan fingerprint density at radius 3 is 2.56 bits per heavy atom. The number of hydrogen-bond donors (Lipinski definition) is 0. The summed E-state index contributed by atoms with van der Waals surface area (Å²) in [5.74, 6) is -0.0525. The largest absolute Gasteiger partial charge is 0.368 e. The predicted molar refractivity (Wildman–Crippen MR) is 139 cm³/mol. The Hall–Kier alpha value is -2.87. The topological polar surface area (TPSA) is 58.4 Å². The van der Waals surface area contributed by atoms with Crippen molar-refractivity contribution in [2.45, 2.75) is 13.5 Å². The van der Waals surface area contributed by atoms with Gasteiger partial charge in [0.1, 0.15) is 4.83 Å². The lowest BCUT2D eigenvalue weighted by Gasteiger charge is -2.36. The van der Waals surface area contributed by atoms with Gasteiger partial charge in [0.25, 0.3) is 11.5 Å². The number of hydrogen-bond acceptors (Lipinski definition) is 5. The second-order valence-electron chi connectivity index (χ2n) is 8.26. The van der Waals surface area contributed by atoms with Gasteiger partial charge in [0.15, 0.2) is 0 Å². The van der Waals surface area contributed by atoms with E-state index in [4.69, 9.17) is 23.2 Å². The molecule has 0 saturated carbocycles. The van der Waals surface area contributed by atoms with Crippen molar-refractivity contribution in [3.05, 3.63) is 91.3 Å². The van der Waals surface area contributed by atoms with Gasteiger partial charge in [-0.25, -0.2) is 4.98 Å². The minimum Gasteiger partial charge on any atom is -0.368 e. The molecule has 0 spiro atoms. The molecule has 2 aromatic carbocycles. The highest BCUT2D eigenvalue weighted by Gasteiger charge is 2.27. The summed E-state index contributed by atoms with van der Waals surface area (Å²) in [4.78, 5) is 36.3. The van der Waals surface area contributed by atoms with Gasteiger partial charge < -0.3 is 9.80 Å². The molecule has 9 heteroatoms. The highest BCUT2D eigenvalue weighted by atomic mass is 35.5. The fraction of sp³-hybridized carbons (Fsp3) is 0.240. The van der Waals surface area contributed by atoms with Gasteiger partial charge in [-0.2, -0.15) is 0 Å². The van der Waals surface area contributed by atoms with Crippen molar-refractivity contribution in [1.29, 1.82) is 0 Å². The van der Waals surface area contributed by atoms with Crippen LogP contribution in [-0.4, -0.2) is 46.5 Å². The van der Waals surface area contributed by atoms with Gasteiger partial charge in [0, 0.05) is 41.9 Å². The molecule has 1 aliphatic heterocycles. The number of nitrogens with zero attached hydrogens (tertiary/aromatic N) is 4. The number of carbonyl (C=O) groups excluding carboxylic acids is 1. The molecule has 0 N–H and O–H groups in total. The Morgan fingerprint density at radius 2 is 1.82 bits per heavy atom. The van der Waals surface area contributed by atoms with E-state index in [2.05, 4.69) is 9.88 Å². The second kappa shape index (κ2) is 9.41. The molecule has 0 aliphatic carbocycles. The molecule has 174 valence electrons. The molecule has 2 aromatic heterocycles. The maximum absolute atomic E-state index is 13.4. The number of aromatic nitrogens is 2. The molecule has 1 amide bonds. The molecule has 0 bridgehead atoms. The van der Waals surface area contributed by atoms with Crippen LogP contribution in [0.1, 0.15) is 20.8 Å². The zero-order valence-electron chi connectivity index (χ0n) is 18.5. The first-order valence-electron chi connectivity index (χ1n) is 10.9. The van der Waals surface area contributed by atoms with Gasteiger partial charge in [-0.15, -0.1) is 11.3 Å². The summed E-state index contributed by atoms with van der Waals surface area (Å²) >= 11 is 13.7. The minimum atomic E-state index is -0.163. The van der Waals surface area contributed by atoms with Gasteiger partial charge in [0.05, 0.1) is 23.1 Å². The number of piperazine rings is 1. The highest BCUT2D eigenvalue weighted by molar-refractivity contribution is 7.20. The number of benzene rings is 2. The van der Waals surface area contributed by atoms with E-state index in [9.17, 15) is 9.59 Å². The van der Waals surface area contributed by atoms with Crippen molar-refractivity contribution < 1.29 is 4.79 Å². The third-order valence-electron chi connectivity index (χ3n) is 6.15. The molecule has 6 nitrogen and oxygen atoms in total. The van der Waals surface area contributed by atoms with Crippen molar-refractivity contribution >= 4 is 56.3 Å². The van der Waals surface area contributed by atoms with E-state index in [-0.39, 0.29) is 11.5 Å². The van der Waals surface area contributed by atoms with Crippen LogP contribution in [0.3, 0.4) is 0 Å². The molecule has 1 fully saturated rings. The zero-order valence-corrected chi connectivity index (χ0v) is 20.8. The summed E-state index contributed by atoms with van der Waals surface area (Å²) in [6.45, 7) is 4.80. The molecular formula is C25H22Cl2N4O2S. The lowest BCUT2D eigenvalue weighted by Crippen LogP contribution is -2.48. The standard InChI is InChI=1S/C25H22Cl2N4O2S/c1-16-21-23(28-15-31(24(21)32)14-17-5-2-3-8-20(17)27)34-22(16)25(33)30-11-9-29(10-12-30)19-7-4-6-18(26)13-19/h2-8,13,15H,9-12,14H2,1H3. The molecule has 34 heavy (non-hydrogen) atoms. The van der Waals surface area contributed by atoms with Crippen LogP contribution in [0.5, 0.6) is 0 Å². The second-order valence-corrected chi connectivity index (χ2v) is 10.1. The monoisotopic (exact) mass is 512 g/mol. The predicted octanol–water partition coefficient (Wildman–Crippen LogP) is 5.08. The van der Waals surface area contributed by atoms with E-state index in [0.29, 0.717) is 50.3 Å². The van der Waals surface area contributed by atoms with Crippen LogP contribution in [0.25, 0.3) is 10.2 Å². The quantitative estimate of drug-likeness (QED) is 0.382. The smallest absolute Gasteiger partial charge is 0.264 e. The summed E-state index contributed by atoms with van der Waals surface area (Å²) in [6.07, 6.45) is 1.53. The van der Waals surface area contributed by atoms with Gasteiger partial charge >= 0.3 is 0 Å². The molecule has 5 rings (SSSR count). The molecule has 4 aromatic rings. The molecule has 1 saturated heterocycles. The minimum absolute atomic E-state index is 0.0525. The number of amides is 1. The zero-order chi connectivity index (χ0) is 23.8. The molecular weight excluding hydrogens is 491 g/mol. The van der Waals surface area contributed by atoms with Crippen LogP contribution in [0, 0.1) is 6.92 Å². The van der Waals surface area contributed by atoms with E-state index in [1.54, 1.807) is 10.6 Å². The first kappa shape index (κ1) is 22.9. The fourth-order valence-corrected chi connectivity index (χ4v) is 5.76. The highest BCUT2D eigenvalue weighted by Crippen LogP contribution is 2.29. The number of aryl methyl sites for hydroxylation is 1. The summed E-state index contributed by atoms with van der Waals surface area (Å²) in [5.41, 5.74) is 2.42. The Bertz CT molecular complexity index is 1440. The van der Waals surface area contributed by atoms with Crippen LogP contribution < -0.4 is 10.5 Å². The van der Waals surface area contributed by atoms with E-state index in [1.807, 2.05) is 54.3 Å².